The lowest BCUT2D eigenvalue weighted by molar-refractivity contribution is -0.113. The molecule has 0 bridgehead atoms. The minimum absolute atomic E-state index is 0.0474. The highest BCUT2D eigenvalue weighted by atomic mass is 19.1. The standard InChI is InChI=1S/C23H24FN5O2/c24-17-4-6-19-21(15-17)28-9-1-3-20(28)23(31)29(19)10-2-8-26-11-13-27(14-12-26)22-7-5-18(30)16-25-22/h1,3-7,9,15H,2,8,10-14,16H2. The van der Waals surface area contributed by atoms with Crippen LogP contribution in [0, 0.1) is 5.82 Å². The van der Waals surface area contributed by atoms with Gasteiger partial charge in [-0.3, -0.25) is 19.5 Å². The second-order valence-electron chi connectivity index (χ2n) is 8.01. The summed E-state index contributed by atoms with van der Waals surface area (Å²) in [5.41, 5.74) is 1.96. The third-order valence-corrected chi connectivity index (χ3v) is 6.07. The van der Waals surface area contributed by atoms with Crippen LogP contribution in [0.5, 0.6) is 0 Å². The van der Waals surface area contributed by atoms with Crippen LogP contribution in [0.4, 0.5) is 4.39 Å². The van der Waals surface area contributed by atoms with Crippen LogP contribution in [0.3, 0.4) is 0 Å². The Bertz CT molecular complexity index is 1260. The molecule has 5 rings (SSSR count). The average molecular weight is 421 g/mol. The fourth-order valence-electron chi connectivity index (χ4n) is 4.44. The number of piperazine rings is 1. The van der Waals surface area contributed by atoms with E-state index in [1.165, 1.54) is 12.1 Å². The number of aryl methyl sites for hydroxylation is 1. The van der Waals surface area contributed by atoms with Gasteiger partial charge in [-0.05, 0) is 55.4 Å². The third kappa shape index (κ3) is 3.79. The van der Waals surface area contributed by atoms with Gasteiger partial charge in [-0.2, -0.15) is 0 Å². The van der Waals surface area contributed by atoms with Gasteiger partial charge in [0, 0.05) is 38.9 Å². The van der Waals surface area contributed by atoms with Crippen molar-refractivity contribution in [3.63, 3.8) is 0 Å². The Morgan fingerprint density at radius 2 is 1.77 bits per heavy atom. The highest BCUT2D eigenvalue weighted by molar-refractivity contribution is 6.05. The molecule has 2 aromatic heterocycles. The summed E-state index contributed by atoms with van der Waals surface area (Å²) in [6, 6.07) is 8.16. The van der Waals surface area contributed by atoms with E-state index in [1.54, 1.807) is 39.4 Å². The smallest absolute Gasteiger partial charge is 0.275 e. The highest BCUT2D eigenvalue weighted by Crippen LogP contribution is 2.17. The lowest BCUT2D eigenvalue weighted by Gasteiger charge is -2.36. The van der Waals surface area contributed by atoms with Gasteiger partial charge in [0.1, 0.15) is 23.7 Å². The molecule has 2 aliphatic rings. The number of carbonyl (C=O) groups excluding carboxylic acids is 1. The first-order chi connectivity index (χ1) is 15.1. The van der Waals surface area contributed by atoms with Crippen LogP contribution in [-0.4, -0.2) is 69.7 Å². The number of nitrogens with zero attached hydrogens (tertiary/aromatic N) is 5. The van der Waals surface area contributed by atoms with Gasteiger partial charge in [0.05, 0.1) is 11.0 Å². The Morgan fingerprint density at radius 1 is 0.935 bits per heavy atom. The number of fused-ring (bicyclic) bond motifs is 3. The number of carbonyl (C=O) groups is 1. The molecule has 0 aliphatic carbocycles. The van der Waals surface area contributed by atoms with Gasteiger partial charge in [0.2, 0.25) is 0 Å². The second kappa shape index (κ2) is 8.11. The maximum absolute atomic E-state index is 13.8. The predicted molar refractivity (Wildman–Crippen MR) is 118 cm³/mol. The van der Waals surface area contributed by atoms with Crippen LogP contribution in [0.2, 0.25) is 0 Å². The van der Waals surface area contributed by atoms with Crippen molar-refractivity contribution in [2.45, 2.75) is 13.0 Å². The number of rotatable bonds is 4. The van der Waals surface area contributed by atoms with E-state index in [9.17, 15) is 14.0 Å². The Hall–Kier alpha value is -3.26. The molecular weight excluding hydrogens is 397 g/mol. The van der Waals surface area contributed by atoms with Crippen LogP contribution >= 0.6 is 0 Å². The van der Waals surface area contributed by atoms with Crippen molar-refractivity contribution in [3.05, 3.63) is 64.9 Å². The Kier molecular flexibility index (Phi) is 5.15. The summed E-state index contributed by atoms with van der Waals surface area (Å²) < 4.78 is 17.4. The molecule has 1 aromatic carbocycles. The maximum atomic E-state index is 13.8. The molecule has 31 heavy (non-hydrogen) atoms. The van der Waals surface area contributed by atoms with E-state index < -0.39 is 0 Å². The largest absolute Gasteiger partial charge is 0.354 e. The molecule has 0 atom stereocenters. The molecule has 0 N–H and O–H groups in total. The number of aromatic nitrogens is 2. The van der Waals surface area contributed by atoms with Gasteiger partial charge in [-0.25, -0.2) is 4.39 Å². The lowest BCUT2D eigenvalue weighted by Crippen LogP contribution is -2.49. The normalized spacial score (nSPS) is 17.6. The van der Waals surface area contributed by atoms with Crippen molar-refractivity contribution in [2.75, 3.05) is 39.3 Å². The van der Waals surface area contributed by atoms with Gasteiger partial charge in [-0.15, -0.1) is 0 Å². The van der Waals surface area contributed by atoms with Gasteiger partial charge in [0.25, 0.3) is 5.56 Å². The quantitative estimate of drug-likeness (QED) is 0.646. The maximum Gasteiger partial charge on any atom is 0.275 e. The van der Waals surface area contributed by atoms with Crippen molar-refractivity contribution in [2.24, 2.45) is 4.99 Å². The topological polar surface area (TPSA) is 62.3 Å². The summed E-state index contributed by atoms with van der Waals surface area (Å²) in [7, 11) is 0. The number of aliphatic imine (C=N–C) groups is 1. The van der Waals surface area contributed by atoms with Crippen molar-refractivity contribution in [1.29, 1.82) is 0 Å². The minimum Gasteiger partial charge on any atom is -0.354 e. The molecule has 0 unspecified atom stereocenters. The summed E-state index contributed by atoms with van der Waals surface area (Å²) in [6.45, 7) is 5.28. The highest BCUT2D eigenvalue weighted by Gasteiger charge is 2.20. The van der Waals surface area contributed by atoms with E-state index in [0.717, 1.165) is 50.5 Å². The fraction of sp³-hybridized carbons (Fsp3) is 0.348. The second-order valence-corrected chi connectivity index (χ2v) is 8.01. The van der Waals surface area contributed by atoms with Crippen molar-refractivity contribution >= 4 is 28.2 Å². The van der Waals surface area contributed by atoms with Crippen LogP contribution in [0.1, 0.15) is 6.42 Å². The van der Waals surface area contributed by atoms with E-state index in [4.69, 9.17) is 0 Å². The summed E-state index contributed by atoms with van der Waals surface area (Å²) in [6.07, 6.45) is 6.03. The molecule has 0 radical (unpaired) electrons. The number of hydrogen-bond acceptors (Lipinski definition) is 5. The van der Waals surface area contributed by atoms with Crippen molar-refractivity contribution < 1.29 is 9.18 Å². The summed E-state index contributed by atoms with van der Waals surface area (Å²) in [4.78, 5) is 33.2. The minimum atomic E-state index is -0.313. The van der Waals surface area contributed by atoms with Crippen LogP contribution in [0.25, 0.3) is 16.6 Å². The number of hydrogen-bond donors (Lipinski definition) is 0. The molecule has 160 valence electrons. The lowest BCUT2D eigenvalue weighted by atomic mass is 10.2. The molecule has 0 amide bonds. The number of amidine groups is 1. The molecule has 4 heterocycles. The van der Waals surface area contributed by atoms with Crippen LogP contribution in [0.15, 0.2) is 58.5 Å². The molecule has 0 saturated carbocycles. The zero-order valence-electron chi connectivity index (χ0n) is 17.2. The number of benzene rings is 1. The molecule has 1 saturated heterocycles. The number of dihydropyridines is 1. The van der Waals surface area contributed by atoms with Crippen LogP contribution in [-0.2, 0) is 11.3 Å². The zero-order valence-corrected chi connectivity index (χ0v) is 17.2. The molecule has 8 heteroatoms. The molecule has 2 aliphatic heterocycles. The monoisotopic (exact) mass is 421 g/mol. The molecule has 0 spiro atoms. The SMILES string of the molecule is O=C1C=CC(N2CCN(CCCn3c(=O)c4cccn4c4cc(F)ccc43)CC2)=NC1. The fourth-order valence-corrected chi connectivity index (χ4v) is 4.44. The molecule has 1 fully saturated rings. The van der Waals surface area contributed by atoms with Crippen molar-refractivity contribution in [1.82, 2.24) is 18.8 Å². The molecule has 7 nitrogen and oxygen atoms in total. The summed E-state index contributed by atoms with van der Waals surface area (Å²) in [5, 5.41) is 0. The first-order valence-electron chi connectivity index (χ1n) is 10.6. The number of ketones is 1. The third-order valence-electron chi connectivity index (χ3n) is 6.07. The van der Waals surface area contributed by atoms with Crippen molar-refractivity contribution in [3.8, 4) is 0 Å². The summed E-state index contributed by atoms with van der Waals surface area (Å²) >= 11 is 0. The molecule has 3 aromatic rings. The van der Waals surface area contributed by atoms with Crippen LogP contribution < -0.4 is 5.56 Å². The van der Waals surface area contributed by atoms with Gasteiger partial charge in [-0.1, -0.05) is 0 Å². The number of halogens is 1. The van der Waals surface area contributed by atoms with E-state index in [2.05, 4.69) is 14.8 Å². The Balaban J connectivity index is 1.25. The van der Waals surface area contributed by atoms with E-state index in [0.29, 0.717) is 17.6 Å². The van der Waals surface area contributed by atoms with Gasteiger partial charge >= 0.3 is 0 Å². The predicted octanol–water partition coefficient (Wildman–Crippen LogP) is 1.94. The zero-order chi connectivity index (χ0) is 21.4. The first kappa shape index (κ1) is 19.7. The van der Waals surface area contributed by atoms with E-state index in [-0.39, 0.29) is 23.7 Å². The Labute approximate surface area is 178 Å². The van der Waals surface area contributed by atoms with E-state index >= 15 is 0 Å². The first-order valence-corrected chi connectivity index (χ1v) is 10.6. The Morgan fingerprint density at radius 3 is 2.55 bits per heavy atom. The van der Waals surface area contributed by atoms with E-state index in [1.807, 2.05) is 6.07 Å². The van der Waals surface area contributed by atoms with Gasteiger partial charge in [0.15, 0.2) is 5.78 Å². The summed E-state index contributed by atoms with van der Waals surface area (Å²) in [5.74, 6) is 0.628. The molecular formula is C23H24FN5O2. The van der Waals surface area contributed by atoms with Gasteiger partial charge < -0.3 is 13.9 Å². The average Bonchev–Trinajstić information content (AvgIpc) is 3.28.